The van der Waals surface area contributed by atoms with Gasteiger partial charge in [0.2, 0.25) is 5.91 Å². The molecule has 0 saturated carbocycles. The lowest BCUT2D eigenvalue weighted by atomic mass is 10.1. The van der Waals surface area contributed by atoms with Gasteiger partial charge in [-0.15, -0.1) is 0 Å². The van der Waals surface area contributed by atoms with Crippen LogP contribution >= 0.6 is 11.6 Å². The number of aromatic nitrogens is 2. The molecule has 0 radical (unpaired) electrons. The fourth-order valence-corrected chi connectivity index (χ4v) is 3.58. The number of benzene rings is 2. The van der Waals surface area contributed by atoms with Gasteiger partial charge in [-0.25, -0.2) is 4.68 Å². The lowest BCUT2D eigenvalue weighted by molar-refractivity contribution is -0.120. The van der Waals surface area contributed by atoms with Crippen molar-refractivity contribution >= 4 is 17.5 Å². The van der Waals surface area contributed by atoms with E-state index in [2.05, 4.69) is 41.4 Å². The number of aryl methyl sites for hydroxylation is 1. The average Bonchev–Trinajstić information content (AvgIpc) is 3.01. The summed E-state index contributed by atoms with van der Waals surface area (Å²) in [5.74, 6) is -0.00654. The zero-order chi connectivity index (χ0) is 21.7. The van der Waals surface area contributed by atoms with Crippen molar-refractivity contribution in [1.29, 1.82) is 0 Å². The molecule has 0 aliphatic heterocycles. The molecule has 1 N–H and O–H groups in total. The number of rotatable bonds is 8. The molecular weight excluding hydrogens is 396 g/mol. The monoisotopic (exact) mass is 424 g/mol. The molecule has 0 spiro atoms. The van der Waals surface area contributed by atoms with Crippen LogP contribution in [0.1, 0.15) is 35.0 Å². The standard InChI is InChI=1S/C24H29ClN4O/c1-5-28(4)16-20-8-6-7-19(13-20)15-26-24(30)14-23-17(2)27-29(18(23)3)22-11-9-21(25)10-12-22/h6-13H,5,14-16H2,1-4H3,(H,26,30). The van der Waals surface area contributed by atoms with Gasteiger partial charge in [-0.05, 0) is 62.8 Å². The van der Waals surface area contributed by atoms with Gasteiger partial charge in [0, 0.05) is 29.4 Å². The van der Waals surface area contributed by atoms with Crippen molar-refractivity contribution in [3.8, 4) is 5.69 Å². The van der Waals surface area contributed by atoms with E-state index in [0.717, 1.165) is 41.3 Å². The second kappa shape index (κ2) is 9.92. The van der Waals surface area contributed by atoms with E-state index in [0.29, 0.717) is 18.0 Å². The molecule has 5 nitrogen and oxygen atoms in total. The summed E-state index contributed by atoms with van der Waals surface area (Å²) in [5, 5.41) is 8.35. The minimum Gasteiger partial charge on any atom is -0.352 e. The Bertz CT molecular complexity index is 1010. The molecule has 3 aromatic rings. The second-order valence-electron chi connectivity index (χ2n) is 7.64. The van der Waals surface area contributed by atoms with E-state index >= 15 is 0 Å². The third-order valence-corrected chi connectivity index (χ3v) is 5.58. The Labute approximate surface area is 183 Å². The van der Waals surface area contributed by atoms with Crippen molar-refractivity contribution in [3.63, 3.8) is 0 Å². The van der Waals surface area contributed by atoms with E-state index in [-0.39, 0.29) is 5.91 Å². The van der Waals surface area contributed by atoms with Crippen LogP contribution in [-0.2, 0) is 24.3 Å². The predicted octanol–water partition coefficient (Wildman–Crippen LogP) is 4.45. The van der Waals surface area contributed by atoms with Gasteiger partial charge in [-0.2, -0.15) is 5.10 Å². The van der Waals surface area contributed by atoms with Gasteiger partial charge < -0.3 is 10.2 Å². The first-order chi connectivity index (χ1) is 14.4. The molecule has 0 unspecified atom stereocenters. The summed E-state index contributed by atoms with van der Waals surface area (Å²) in [7, 11) is 2.10. The Balaban J connectivity index is 1.64. The van der Waals surface area contributed by atoms with Crippen LogP contribution in [0.4, 0.5) is 0 Å². The maximum absolute atomic E-state index is 12.6. The molecule has 1 aromatic heterocycles. The number of nitrogens with one attached hydrogen (secondary N) is 1. The number of amides is 1. The molecule has 0 bridgehead atoms. The van der Waals surface area contributed by atoms with Crippen molar-refractivity contribution in [2.75, 3.05) is 13.6 Å². The first kappa shape index (κ1) is 22.1. The fraction of sp³-hybridized carbons (Fsp3) is 0.333. The van der Waals surface area contributed by atoms with Crippen LogP contribution in [0.3, 0.4) is 0 Å². The SMILES string of the molecule is CCN(C)Cc1cccc(CNC(=O)Cc2c(C)nn(-c3ccc(Cl)cc3)c2C)c1. The minimum absolute atomic E-state index is 0.00654. The number of carbonyl (C=O) groups excluding carboxylic acids is 1. The molecule has 0 saturated heterocycles. The van der Waals surface area contributed by atoms with Crippen molar-refractivity contribution in [2.24, 2.45) is 0 Å². The third-order valence-electron chi connectivity index (χ3n) is 5.32. The van der Waals surface area contributed by atoms with Gasteiger partial charge in [0.25, 0.3) is 0 Å². The first-order valence-corrected chi connectivity index (χ1v) is 10.6. The largest absolute Gasteiger partial charge is 0.352 e. The van der Waals surface area contributed by atoms with Gasteiger partial charge in [0.05, 0.1) is 17.8 Å². The molecule has 6 heteroatoms. The Morgan fingerprint density at radius 1 is 1.13 bits per heavy atom. The summed E-state index contributed by atoms with van der Waals surface area (Å²) >= 11 is 5.99. The number of hydrogen-bond donors (Lipinski definition) is 1. The van der Waals surface area contributed by atoms with Crippen LogP contribution < -0.4 is 5.32 Å². The lowest BCUT2D eigenvalue weighted by Crippen LogP contribution is -2.25. The summed E-state index contributed by atoms with van der Waals surface area (Å²) in [6.07, 6.45) is 0.309. The number of hydrogen-bond acceptors (Lipinski definition) is 3. The molecule has 0 aliphatic carbocycles. The maximum atomic E-state index is 12.6. The summed E-state index contributed by atoms with van der Waals surface area (Å²) in [6.45, 7) is 8.50. The highest BCUT2D eigenvalue weighted by Crippen LogP contribution is 2.20. The summed E-state index contributed by atoms with van der Waals surface area (Å²) in [4.78, 5) is 14.9. The van der Waals surface area contributed by atoms with Crippen molar-refractivity contribution in [3.05, 3.63) is 81.6 Å². The topological polar surface area (TPSA) is 50.2 Å². The zero-order valence-corrected chi connectivity index (χ0v) is 18.8. The van der Waals surface area contributed by atoms with Crippen molar-refractivity contribution in [1.82, 2.24) is 20.0 Å². The highest BCUT2D eigenvalue weighted by Gasteiger charge is 2.16. The molecule has 30 heavy (non-hydrogen) atoms. The smallest absolute Gasteiger partial charge is 0.224 e. The Hall–Kier alpha value is -2.63. The third kappa shape index (κ3) is 5.49. The molecule has 0 fully saturated rings. The highest BCUT2D eigenvalue weighted by atomic mass is 35.5. The van der Waals surface area contributed by atoms with Gasteiger partial charge in [-0.3, -0.25) is 4.79 Å². The average molecular weight is 425 g/mol. The Morgan fingerprint density at radius 3 is 2.53 bits per heavy atom. The molecular formula is C24H29ClN4O. The summed E-state index contributed by atoms with van der Waals surface area (Å²) < 4.78 is 1.86. The van der Waals surface area contributed by atoms with Crippen LogP contribution in [0.25, 0.3) is 5.69 Å². The van der Waals surface area contributed by atoms with Crippen molar-refractivity contribution in [2.45, 2.75) is 40.3 Å². The molecule has 0 atom stereocenters. The van der Waals surface area contributed by atoms with Crippen molar-refractivity contribution < 1.29 is 4.79 Å². The Morgan fingerprint density at radius 2 is 1.83 bits per heavy atom. The lowest BCUT2D eigenvalue weighted by Gasteiger charge is -2.14. The summed E-state index contributed by atoms with van der Waals surface area (Å²) in [5.41, 5.74) is 6.08. The van der Waals surface area contributed by atoms with E-state index in [1.165, 1.54) is 5.56 Å². The Kier molecular flexibility index (Phi) is 7.29. The van der Waals surface area contributed by atoms with E-state index in [4.69, 9.17) is 11.6 Å². The number of carbonyl (C=O) groups is 1. The van der Waals surface area contributed by atoms with Crippen LogP contribution in [0.15, 0.2) is 48.5 Å². The molecule has 2 aromatic carbocycles. The fourth-order valence-electron chi connectivity index (χ4n) is 3.45. The first-order valence-electron chi connectivity index (χ1n) is 10.2. The van der Waals surface area contributed by atoms with Crippen LogP contribution in [0.2, 0.25) is 5.02 Å². The van der Waals surface area contributed by atoms with Gasteiger partial charge >= 0.3 is 0 Å². The zero-order valence-electron chi connectivity index (χ0n) is 18.1. The van der Waals surface area contributed by atoms with E-state index in [1.54, 1.807) is 0 Å². The number of halogens is 1. The molecule has 158 valence electrons. The van der Waals surface area contributed by atoms with Crippen LogP contribution in [-0.4, -0.2) is 34.2 Å². The summed E-state index contributed by atoms with van der Waals surface area (Å²) in [6, 6.07) is 15.9. The van der Waals surface area contributed by atoms with E-state index in [9.17, 15) is 4.79 Å². The van der Waals surface area contributed by atoms with Gasteiger partial charge in [0.1, 0.15) is 0 Å². The number of nitrogens with zero attached hydrogens (tertiary/aromatic N) is 3. The van der Waals surface area contributed by atoms with E-state index < -0.39 is 0 Å². The normalized spacial score (nSPS) is 11.1. The molecule has 1 amide bonds. The van der Waals surface area contributed by atoms with Crippen LogP contribution in [0.5, 0.6) is 0 Å². The maximum Gasteiger partial charge on any atom is 0.224 e. The molecule has 1 heterocycles. The second-order valence-corrected chi connectivity index (χ2v) is 8.08. The molecule has 3 rings (SSSR count). The van der Waals surface area contributed by atoms with E-state index in [1.807, 2.05) is 54.9 Å². The molecule has 0 aliphatic rings. The van der Waals surface area contributed by atoms with Gasteiger partial charge in [-0.1, -0.05) is 42.8 Å². The van der Waals surface area contributed by atoms with Crippen LogP contribution in [0, 0.1) is 13.8 Å². The highest BCUT2D eigenvalue weighted by molar-refractivity contribution is 6.30. The predicted molar refractivity (Wildman–Crippen MR) is 122 cm³/mol. The van der Waals surface area contributed by atoms with Gasteiger partial charge in [0.15, 0.2) is 0 Å². The quantitative estimate of drug-likeness (QED) is 0.581. The minimum atomic E-state index is -0.00654.